The van der Waals surface area contributed by atoms with Crippen LogP contribution in [0, 0.1) is 6.92 Å². The first-order valence-corrected chi connectivity index (χ1v) is 7.97. The molecule has 0 fully saturated rings. The minimum atomic E-state index is -0.673. The molecular weight excluding hydrogens is 302 g/mol. The second-order valence-electron chi connectivity index (χ2n) is 5.83. The van der Waals surface area contributed by atoms with Gasteiger partial charge in [0.2, 0.25) is 0 Å². The lowest BCUT2D eigenvalue weighted by molar-refractivity contribution is 0.0895. The fraction of sp³-hybridized carbons (Fsp3) is 0.263. The summed E-state index contributed by atoms with van der Waals surface area (Å²) in [5.41, 5.74) is 3.97. The molecule has 24 heavy (non-hydrogen) atoms. The molecule has 0 spiro atoms. The smallest absolute Gasteiger partial charge is 0.122 e. The third-order valence-electron chi connectivity index (χ3n) is 3.82. The van der Waals surface area contributed by atoms with Crippen molar-refractivity contribution in [1.82, 2.24) is 15.0 Å². The molecule has 0 saturated heterocycles. The van der Waals surface area contributed by atoms with Gasteiger partial charge in [-0.05, 0) is 37.1 Å². The number of allylic oxidation sites excluding steroid dienone is 1. The van der Waals surface area contributed by atoms with Gasteiger partial charge in [-0.3, -0.25) is 0 Å². The van der Waals surface area contributed by atoms with Crippen molar-refractivity contribution in [3.05, 3.63) is 66.2 Å². The lowest BCUT2D eigenvalue weighted by Crippen LogP contribution is -2.24. The van der Waals surface area contributed by atoms with Crippen LogP contribution in [0.2, 0.25) is 0 Å². The van der Waals surface area contributed by atoms with E-state index in [4.69, 9.17) is 4.74 Å². The molecule has 0 radical (unpaired) electrons. The number of ether oxygens (including phenoxy) is 1. The zero-order chi connectivity index (χ0) is 16.9. The molecule has 0 bridgehead atoms. The van der Waals surface area contributed by atoms with E-state index in [1.807, 2.05) is 49.4 Å². The minimum Gasteiger partial charge on any atom is -0.491 e. The largest absolute Gasteiger partial charge is 0.491 e. The van der Waals surface area contributed by atoms with Crippen molar-refractivity contribution >= 4 is 11.0 Å². The first-order chi connectivity index (χ1) is 11.7. The summed E-state index contributed by atoms with van der Waals surface area (Å²) in [6.07, 6.45) is 1.91. The monoisotopic (exact) mass is 323 g/mol. The Morgan fingerprint density at radius 2 is 2.12 bits per heavy atom. The van der Waals surface area contributed by atoms with E-state index in [0.29, 0.717) is 6.54 Å². The minimum absolute atomic E-state index is 0.196. The molecule has 5 nitrogen and oxygen atoms in total. The van der Waals surface area contributed by atoms with Crippen molar-refractivity contribution in [2.24, 2.45) is 0 Å². The summed E-state index contributed by atoms with van der Waals surface area (Å²) in [4.78, 5) is 0. The summed E-state index contributed by atoms with van der Waals surface area (Å²) in [5, 5.41) is 18.5. The summed E-state index contributed by atoms with van der Waals surface area (Å²) in [6, 6.07) is 13.7. The molecule has 1 unspecified atom stereocenters. The Morgan fingerprint density at radius 3 is 2.96 bits per heavy atom. The maximum absolute atomic E-state index is 10.3. The molecule has 0 aliphatic heterocycles. The molecule has 0 amide bonds. The number of benzene rings is 2. The fourth-order valence-electron chi connectivity index (χ4n) is 2.65. The highest BCUT2D eigenvalue weighted by Gasteiger charge is 2.12. The van der Waals surface area contributed by atoms with E-state index in [2.05, 4.69) is 23.0 Å². The van der Waals surface area contributed by atoms with E-state index in [0.717, 1.165) is 28.8 Å². The number of nitrogens with zero attached hydrogens (tertiary/aromatic N) is 3. The molecule has 1 N–H and O–H groups in total. The predicted molar refractivity (Wildman–Crippen MR) is 94.1 cm³/mol. The van der Waals surface area contributed by atoms with Gasteiger partial charge in [0.15, 0.2) is 0 Å². The fourth-order valence-corrected chi connectivity index (χ4v) is 2.65. The van der Waals surface area contributed by atoms with Gasteiger partial charge >= 0.3 is 0 Å². The standard InChI is InChI=1S/C19H21N3O2/c1-3-6-15-11-14(2)9-10-19(15)24-13-16(23)12-22-18-8-5-4-7-17(18)20-21-22/h3-5,7-11,16,23H,1,6,12-13H2,2H3. The molecule has 2 aromatic carbocycles. The Hall–Kier alpha value is -2.66. The number of hydrogen-bond acceptors (Lipinski definition) is 4. The van der Waals surface area contributed by atoms with Gasteiger partial charge in [0.25, 0.3) is 0 Å². The Morgan fingerprint density at radius 1 is 1.29 bits per heavy atom. The van der Waals surface area contributed by atoms with Crippen LogP contribution in [0.15, 0.2) is 55.1 Å². The lowest BCUT2D eigenvalue weighted by atomic mass is 10.1. The predicted octanol–water partition coefficient (Wildman–Crippen LogP) is 2.91. The third kappa shape index (κ3) is 3.63. The van der Waals surface area contributed by atoms with Crippen molar-refractivity contribution in [3.63, 3.8) is 0 Å². The molecular formula is C19H21N3O2. The number of hydrogen-bond donors (Lipinski definition) is 1. The molecule has 0 aliphatic carbocycles. The van der Waals surface area contributed by atoms with Gasteiger partial charge in [0.1, 0.15) is 24.0 Å². The molecule has 0 aliphatic rings. The third-order valence-corrected chi connectivity index (χ3v) is 3.82. The highest BCUT2D eigenvalue weighted by atomic mass is 16.5. The maximum atomic E-state index is 10.3. The van der Waals surface area contributed by atoms with E-state index in [-0.39, 0.29) is 6.61 Å². The van der Waals surface area contributed by atoms with Crippen molar-refractivity contribution < 1.29 is 9.84 Å². The van der Waals surface area contributed by atoms with Crippen LogP contribution in [-0.2, 0) is 13.0 Å². The van der Waals surface area contributed by atoms with Crippen LogP contribution in [0.4, 0.5) is 0 Å². The molecule has 5 heteroatoms. The topological polar surface area (TPSA) is 60.2 Å². The first-order valence-electron chi connectivity index (χ1n) is 7.97. The van der Waals surface area contributed by atoms with Crippen LogP contribution in [-0.4, -0.2) is 32.8 Å². The number of fused-ring (bicyclic) bond motifs is 1. The molecule has 1 atom stereocenters. The Bertz CT molecular complexity index is 841. The second-order valence-corrected chi connectivity index (χ2v) is 5.83. The summed E-state index contributed by atoms with van der Waals surface area (Å²) >= 11 is 0. The molecule has 3 rings (SSSR count). The van der Waals surface area contributed by atoms with Crippen LogP contribution < -0.4 is 4.74 Å². The van der Waals surface area contributed by atoms with Gasteiger partial charge < -0.3 is 9.84 Å². The number of aromatic nitrogens is 3. The number of rotatable bonds is 7. The highest BCUT2D eigenvalue weighted by molar-refractivity contribution is 5.73. The average molecular weight is 323 g/mol. The van der Waals surface area contributed by atoms with Crippen molar-refractivity contribution in [3.8, 4) is 5.75 Å². The molecule has 1 aromatic heterocycles. The van der Waals surface area contributed by atoms with Crippen LogP contribution >= 0.6 is 0 Å². The Kier molecular flexibility index (Phi) is 4.91. The summed E-state index contributed by atoms with van der Waals surface area (Å²) in [6.45, 7) is 6.35. The van der Waals surface area contributed by atoms with Crippen molar-refractivity contribution in [1.29, 1.82) is 0 Å². The lowest BCUT2D eigenvalue weighted by Gasteiger charge is -2.15. The number of aliphatic hydroxyl groups is 1. The van der Waals surface area contributed by atoms with Crippen LogP contribution in [0.1, 0.15) is 11.1 Å². The quantitative estimate of drug-likeness (QED) is 0.679. The first kappa shape index (κ1) is 16.2. The summed E-state index contributed by atoms with van der Waals surface area (Å²) in [5.74, 6) is 0.781. The molecule has 1 heterocycles. The molecule has 0 saturated carbocycles. The van der Waals surface area contributed by atoms with Crippen LogP contribution in [0.3, 0.4) is 0 Å². The van der Waals surface area contributed by atoms with Crippen molar-refractivity contribution in [2.75, 3.05) is 6.61 Å². The van der Waals surface area contributed by atoms with E-state index in [9.17, 15) is 5.11 Å². The summed E-state index contributed by atoms with van der Waals surface area (Å²) < 4.78 is 7.51. The van der Waals surface area contributed by atoms with Gasteiger partial charge in [-0.15, -0.1) is 11.7 Å². The van der Waals surface area contributed by atoms with Gasteiger partial charge in [0, 0.05) is 0 Å². The Labute approximate surface area is 141 Å². The molecule has 124 valence electrons. The Balaban J connectivity index is 1.65. The van der Waals surface area contributed by atoms with Gasteiger partial charge in [-0.25, -0.2) is 4.68 Å². The van der Waals surface area contributed by atoms with Gasteiger partial charge in [-0.1, -0.05) is 41.1 Å². The van der Waals surface area contributed by atoms with Gasteiger partial charge in [-0.2, -0.15) is 0 Å². The zero-order valence-corrected chi connectivity index (χ0v) is 13.7. The van der Waals surface area contributed by atoms with Gasteiger partial charge in [0.05, 0.1) is 12.1 Å². The summed E-state index contributed by atoms with van der Waals surface area (Å²) in [7, 11) is 0. The molecule has 3 aromatic rings. The zero-order valence-electron chi connectivity index (χ0n) is 13.7. The van der Waals surface area contributed by atoms with E-state index in [1.165, 1.54) is 5.56 Å². The SMILES string of the molecule is C=CCc1cc(C)ccc1OCC(O)Cn1nnc2ccccc21. The van der Waals surface area contributed by atoms with E-state index >= 15 is 0 Å². The number of aryl methyl sites for hydroxylation is 1. The number of aliphatic hydroxyl groups excluding tert-OH is 1. The average Bonchev–Trinajstić information content (AvgIpc) is 2.98. The van der Waals surface area contributed by atoms with Crippen molar-refractivity contribution in [2.45, 2.75) is 26.0 Å². The normalized spacial score (nSPS) is 12.2. The maximum Gasteiger partial charge on any atom is 0.122 e. The van der Waals surface area contributed by atoms with E-state index < -0.39 is 6.10 Å². The second kappa shape index (κ2) is 7.27. The van der Waals surface area contributed by atoms with Crippen LogP contribution in [0.5, 0.6) is 5.75 Å². The van der Waals surface area contributed by atoms with Crippen LogP contribution in [0.25, 0.3) is 11.0 Å². The van der Waals surface area contributed by atoms with E-state index in [1.54, 1.807) is 4.68 Å². The number of para-hydroxylation sites is 1. The highest BCUT2D eigenvalue weighted by Crippen LogP contribution is 2.21.